The maximum absolute atomic E-state index is 12.9. The number of methoxy groups -OCH3 is 1. The number of morpholine rings is 1. The van der Waals surface area contributed by atoms with E-state index in [9.17, 15) is 18.4 Å². The molecule has 1 atom stereocenters. The Morgan fingerprint density at radius 3 is 2.74 bits per heavy atom. The Morgan fingerprint density at radius 2 is 2.05 bits per heavy atom. The zero-order chi connectivity index (χ0) is 30.1. The molecule has 2 aliphatic rings. The zero-order valence-corrected chi connectivity index (χ0v) is 24.5. The minimum absolute atomic E-state index is 0.0751. The van der Waals surface area contributed by atoms with Gasteiger partial charge in [-0.2, -0.15) is 18.4 Å². The molecular weight excluding hydrogens is 579 g/mol. The van der Waals surface area contributed by atoms with Gasteiger partial charge in [0.1, 0.15) is 34.5 Å². The van der Waals surface area contributed by atoms with Gasteiger partial charge in [0.25, 0.3) is 0 Å². The van der Waals surface area contributed by atoms with Crippen molar-refractivity contribution >= 4 is 38.3 Å². The third kappa shape index (κ3) is 6.56. The first-order chi connectivity index (χ1) is 20.7. The van der Waals surface area contributed by atoms with Crippen LogP contribution in [0, 0.1) is 11.3 Å². The lowest BCUT2D eigenvalue weighted by molar-refractivity contribution is -0.126. The Morgan fingerprint density at radius 1 is 1.23 bits per heavy atom. The molecule has 0 radical (unpaired) electrons. The van der Waals surface area contributed by atoms with Gasteiger partial charge < -0.3 is 24.7 Å². The van der Waals surface area contributed by atoms with Gasteiger partial charge >= 0.3 is 6.18 Å². The van der Waals surface area contributed by atoms with Crippen molar-refractivity contribution in [2.75, 3.05) is 38.7 Å². The van der Waals surface area contributed by atoms with Gasteiger partial charge in [0.2, 0.25) is 0 Å². The number of halogens is 3. The molecule has 0 unspecified atom stereocenters. The van der Waals surface area contributed by atoms with E-state index >= 15 is 0 Å². The fourth-order valence-corrected chi connectivity index (χ4v) is 6.85. The third-order valence-electron chi connectivity index (χ3n) is 7.95. The summed E-state index contributed by atoms with van der Waals surface area (Å²) >= 11 is 1.06. The average Bonchev–Trinajstić information content (AvgIpc) is 3.54. The van der Waals surface area contributed by atoms with Crippen LogP contribution in [0.4, 0.5) is 19.0 Å². The standard InChI is InChI=1S/C30H32F3N7O2S/c1-18-16-42-23(13-35-18)15-40-22(12-34)8-19-7-20(27(41-2)10-26(19)40)14-39-5-3-21(4-6-39)38-28-25-9-24(11-30(31,32)33)43-29(25)37-17-36-28/h7-10,17,21,23,35H,1,3-6,11,13-16H2,2H3,(H,36,37,38)/t23-/m1/s1. The van der Waals surface area contributed by atoms with Crippen molar-refractivity contribution in [3.8, 4) is 11.8 Å². The molecule has 0 aliphatic carbocycles. The summed E-state index contributed by atoms with van der Waals surface area (Å²) in [7, 11) is 1.66. The second kappa shape index (κ2) is 12.0. The highest BCUT2D eigenvalue weighted by molar-refractivity contribution is 7.18. The summed E-state index contributed by atoms with van der Waals surface area (Å²) in [6, 6.07) is 10.0. The van der Waals surface area contributed by atoms with Crippen LogP contribution in [0.2, 0.25) is 0 Å². The van der Waals surface area contributed by atoms with Gasteiger partial charge in [-0.25, -0.2) is 9.97 Å². The normalized spacial score (nSPS) is 18.6. The quantitative estimate of drug-likeness (QED) is 0.280. The number of piperidine rings is 1. The van der Waals surface area contributed by atoms with Crippen LogP contribution in [-0.4, -0.2) is 71.1 Å². The van der Waals surface area contributed by atoms with E-state index in [1.54, 1.807) is 13.2 Å². The Balaban J connectivity index is 1.12. The zero-order valence-electron chi connectivity index (χ0n) is 23.7. The molecule has 2 saturated heterocycles. The van der Waals surface area contributed by atoms with Gasteiger partial charge in [-0.05, 0) is 31.0 Å². The summed E-state index contributed by atoms with van der Waals surface area (Å²) in [5, 5.41) is 18.2. The number of ether oxygens (including phenoxy) is 2. The van der Waals surface area contributed by atoms with Crippen molar-refractivity contribution < 1.29 is 22.6 Å². The lowest BCUT2D eigenvalue weighted by Gasteiger charge is -2.33. The second-order valence-electron chi connectivity index (χ2n) is 11.0. The first-order valence-electron chi connectivity index (χ1n) is 14.1. The molecule has 6 rings (SSSR count). The lowest BCUT2D eigenvalue weighted by atomic mass is 10.0. The minimum atomic E-state index is -4.26. The van der Waals surface area contributed by atoms with E-state index < -0.39 is 12.6 Å². The van der Waals surface area contributed by atoms with E-state index in [2.05, 4.69) is 44.2 Å². The number of nitrogens with one attached hydrogen (secondary N) is 2. The molecule has 0 bridgehead atoms. The highest BCUT2D eigenvalue weighted by atomic mass is 32.1. The van der Waals surface area contributed by atoms with Crippen LogP contribution in [0.1, 0.15) is 29.0 Å². The molecule has 2 fully saturated rings. The van der Waals surface area contributed by atoms with Gasteiger partial charge in [-0.3, -0.25) is 4.90 Å². The molecule has 226 valence electrons. The Hall–Kier alpha value is -3.86. The summed E-state index contributed by atoms with van der Waals surface area (Å²) in [5.41, 5.74) is 3.40. The van der Waals surface area contributed by atoms with E-state index in [0.29, 0.717) is 48.0 Å². The number of aromatic nitrogens is 3. The van der Waals surface area contributed by atoms with Gasteiger partial charge in [0, 0.05) is 59.8 Å². The van der Waals surface area contributed by atoms with Crippen molar-refractivity contribution in [3.63, 3.8) is 0 Å². The average molecular weight is 612 g/mol. The van der Waals surface area contributed by atoms with Crippen LogP contribution in [0.3, 0.4) is 0 Å². The number of nitriles is 1. The number of benzene rings is 1. The number of thiophene rings is 1. The predicted molar refractivity (Wildman–Crippen MR) is 159 cm³/mol. The number of fused-ring (bicyclic) bond motifs is 2. The molecule has 13 heteroatoms. The van der Waals surface area contributed by atoms with E-state index in [0.717, 1.165) is 65.2 Å². The highest BCUT2D eigenvalue weighted by Crippen LogP contribution is 2.34. The summed E-state index contributed by atoms with van der Waals surface area (Å²) in [5.74, 6) is 1.35. The molecule has 0 saturated carbocycles. The van der Waals surface area contributed by atoms with E-state index in [4.69, 9.17) is 9.47 Å². The van der Waals surface area contributed by atoms with Gasteiger partial charge in [-0.1, -0.05) is 6.58 Å². The van der Waals surface area contributed by atoms with E-state index in [1.165, 1.54) is 6.33 Å². The Labute approximate surface area is 250 Å². The molecule has 5 heterocycles. The summed E-state index contributed by atoms with van der Waals surface area (Å²) < 4.78 is 52.4. The number of hydrogen-bond acceptors (Lipinski definition) is 9. The van der Waals surface area contributed by atoms with Crippen LogP contribution in [0.25, 0.3) is 21.1 Å². The SMILES string of the molecule is C=C1CO[C@@H](Cn2c(C#N)cc3cc(CN4CCC(Nc5ncnc6sc(CC(F)(F)F)cc56)CC4)c(OC)cc32)CN1. The topological polar surface area (TPSA) is 100 Å². The fourth-order valence-electron chi connectivity index (χ4n) is 5.82. The first kappa shape index (κ1) is 29.2. The molecule has 2 aliphatic heterocycles. The molecule has 0 amide bonds. The summed E-state index contributed by atoms with van der Waals surface area (Å²) in [4.78, 5) is 11.7. The van der Waals surface area contributed by atoms with Crippen molar-refractivity contribution in [3.05, 3.63) is 59.0 Å². The first-order valence-corrected chi connectivity index (χ1v) is 14.9. The molecule has 9 nitrogen and oxygen atoms in total. The van der Waals surface area contributed by atoms with Crippen LogP contribution in [0.15, 0.2) is 42.9 Å². The fraction of sp³-hybridized carbons (Fsp3) is 0.433. The maximum atomic E-state index is 12.9. The van der Waals surface area contributed by atoms with Gasteiger partial charge in [-0.15, -0.1) is 11.3 Å². The van der Waals surface area contributed by atoms with Crippen molar-refractivity contribution in [2.45, 2.75) is 50.7 Å². The predicted octanol–water partition coefficient (Wildman–Crippen LogP) is 5.21. The molecule has 4 aromatic rings. The summed E-state index contributed by atoms with van der Waals surface area (Å²) in [6.07, 6.45) is -2.20. The molecule has 0 spiro atoms. The second-order valence-corrected chi connectivity index (χ2v) is 12.1. The minimum Gasteiger partial charge on any atom is -0.496 e. The monoisotopic (exact) mass is 611 g/mol. The van der Waals surface area contributed by atoms with E-state index in [-0.39, 0.29) is 17.0 Å². The largest absolute Gasteiger partial charge is 0.496 e. The number of rotatable bonds is 8. The molecule has 43 heavy (non-hydrogen) atoms. The lowest BCUT2D eigenvalue weighted by Crippen LogP contribution is -2.39. The van der Waals surface area contributed by atoms with Gasteiger partial charge in [0.15, 0.2) is 0 Å². The molecule has 1 aromatic carbocycles. The molecule has 3 aromatic heterocycles. The van der Waals surface area contributed by atoms with Crippen LogP contribution in [-0.2, 0) is 24.2 Å². The van der Waals surface area contributed by atoms with Crippen molar-refractivity contribution in [2.24, 2.45) is 0 Å². The number of likely N-dealkylation sites (tertiary alicyclic amines) is 1. The van der Waals surface area contributed by atoms with Crippen LogP contribution >= 0.6 is 11.3 Å². The smallest absolute Gasteiger partial charge is 0.393 e. The van der Waals surface area contributed by atoms with Crippen molar-refractivity contribution in [1.29, 1.82) is 5.26 Å². The maximum Gasteiger partial charge on any atom is 0.393 e. The Bertz CT molecular complexity index is 1670. The number of nitrogens with zero attached hydrogens (tertiary/aromatic N) is 5. The van der Waals surface area contributed by atoms with E-state index in [1.807, 2.05) is 16.7 Å². The number of alkyl halides is 3. The highest BCUT2D eigenvalue weighted by Gasteiger charge is 2.29. The number of anilines is 1. The number of hydrogen-bond donors (Lipinski definition) is 2. The third-order valence-corrected chi connectivity index (χ3v) is 9.00. The summed E-state index contributed by atoms with van der Waals surface area (Å²) in [6.45, 7) is 7.89. The van der Waals surface area contributed by atoms with Gasteiger partial charge in [0.05, 0.1) is 43.7 Å². The molecular formula is C30H32F3N7O2S. The van der Waals surface area contributed by atoms with Crippen molar-refractivity contribution in [1.82, 2.24) is 24.8 Å². The van der Waals surface area contributed by atoms with Crippen LogP contribution < -0.4 is 15.4 Å². The Kier molecular flexibility index (Phi) is 8.17. The van der Waals surface area contributed by atoms with Crippen LogP contribution in [0.5, 0.6) is 5.75 Å². The molecule has 2 N–H and O–H groups in total.